The molecule has 0 aromatic carbocycles. The molecule has 1 aliphatic carbocycles. The molecule has 0 amide bonds. The predicted molar refractivity (Wildman–Crippen MR) is 78.2 cm³/mol. The second-order valence-corrected chi connectivity index (χ2v) is 5.94. The van der Waals surface area contributed by atoms with Crippen molar-refractivity contribution in [2.24, 2.45) is 11.7 Å². The molecule has 1 saturated heterocycles. The lowest BCUT2D eigenvalue weighted by Gasteiger charge is -2.36. The summed E-state index contributed by atoms with van der Waals surface area (Å²) in [5.41, 5.74) is 7.21. The second-order valence-electron chi connectivity index (χ2n) is 5.94. The molecule has 1 aromatic rings. The first kappa shape index (κ1) is 12.9. The molecule has 4 heteroatoms. The summed E-state index contributed by atoms with van der Waals surface area (Å²) >= 11 is 0. The maximum atomic E-state index is 6.05. The average molecular weight is 260 g/mol. The van der Waals surface area contributed by atoms with E-state index in [1.807, 2.05) is 19.2 Å². The molecule has 4 nitrogen and oxygen atoms in total. The predicted octanol–water partition coefficient (Wildman–Crippen LogP) is 1.63. The molecule has 2 aliphatic rings. The van der Waals surface area contributed by atoms with Crippen LogP contribution in [0, 0.1) is 5.92 Å². The molecule has 2 N–H and O–H groups in total. The molecule has 0 unspecified atom stereocenters. The number of aromatic nitrogens is 1. The molecule has 1 aliphatic heterocycles. The SMILES string of the molecule is C[C@H](N)c1cccnc1N1CCN(CC2CC2)CC1. The highest BCUT2D eigenvalue weighted by molar-refractivity contribution is 5.48. The van der Waals surface area contributed by atoms with Crippen molar-refractivity contribution in [2.75, 3.05) is 37.6 Å². The fourth-order valence-electron chi connectivity index (χ4n) is 2.84. The van der Waals surface area contributed by atoms with Gasteiger partial charge in [-0.3, -0.25) is 4.90 Å². The molecular weight excluding hydrogens is 236 g/mol. The van der Waals surface area contributed by atoms with Crippen LogP contribution in [0.4, 0.5) is 5.82 Å². The quantitative estimate of drug-likeness (QED) is 0.894. The molecule has 19 heavy (non-hydrogen) atoms. The van der Waals surface area contributed by atoms with E-state index in [0.29, 0.717) is 0 Å². The minimum Gasteiger partial charge on any atom is -0.354 e. The van der Waals surface area contributed by atoms with Crippen molar-refractivity contribution in [1.29, 1.82) is 0 Å². The van der Waals surface area contributed by atoms with Crippen LogP contribution in [0.25, 0.3) is 0 Å². The third-order valence-electron chi connectivity index (χ3n) is 4.19. The zero-order valence-electron chi connectivity index (χ0n) is 11.8. The average Bonchev–Trinajstić information content (AvgIpc) is 3.23. The van der Waals surface area contributed by atoms with Crippen LogP contribution in [0.1, 0.15) is 31.4 Å². The number of nitrogens with zero attached hydrogens (tertiary/aromatic N) is 3. The van der Waals surface area contributed by atoms with E-state index in [1.54, 1.807) is 0 Å². The van der Waals surface area contributed by atoms with Gasteiger partial charge >= 0.3 is 0 Å². The van der Waals surface area contributed by atoms with Gasteiger partial charge < -0.3 is 10.6 Å². The Balaban J connectivity index is 1.64. The normalized spacial score (nSPS) is 22.5. The number of nitrogens with two attached hydrogens (primary N) is 1. The lowest BCUT2D eigenvalue weighted by molar-refractivity contribution is 0.247. The highest BCUT2D eigenvalue weighted by Crippen LogP contribution is 2.30. The van der Waals surface area contributed by atoms with Crippen LogP contribution in [0.2, 0.25) is 0 Å². The molecule has 0 radical (unpaired) electrons. The molecular formula is C15H24N4. The van der Waals surface area contributed by atoms with Crippen LogP contribution >= 0.6 is 0 Å². The Labute approximate surface area is 115 Å². The molecule has 2 fully saturated rings. The topological polar surface area (TPSA) is 45.4 Å². The van der Waals surface area contributed by atoms with Gasteiger partial charge in [0.1, 0.15) is 5.82 Å². The van der Waals surface area contributed by atoms with Crippen molar-refractivity contribution >= 4 is 5.82 Å². The summed E-state index contributed by atoms with van der Waals surface area (Å²) in [6, 6.07) is 4.13. The Morgan fingerprint density at radius 3 is 2.68 bits per heavy atom. The van der Waals surface area contributed by atoms with E-state index in [9.17, 15) is 0 Å². The van der Waals surface area contributed by atoms with Gasteiger partial charge in [-0.1, -0.05) is 6.07 Å². The van der Waals surface area contributed by atoms with Crippen LogP contribution < -0.4 is 10.6 Å². The summed E-state index contributed by atoms with van der Waals surface area (Å²) in [4.78, 5) is 9.54. The minimum absolute atomic E-state index is 0.0493. The van der Waals surface area contributed by atoms with Gasteiger partial charge in [-0.05, 0) is 31.7 Å². The van der Waals surface area contributed by atoms with Gasteiger partial charge in [-0.25, -0.2) is 4.98 Å². The van der Waals surface area contributed by atoms with Crippen LogP contribution in [-0.4, -0.2) is 42.6 Å². The zero-order valence-corrected chi connectivity index (χ0v) is 11.8. The highest BCUT2D eigenvalue weighted by Gasteiger charge is 2.27. The van der Waals surface area contributed by atoms with Gasteiger partial charge in [0, 0.05) is 50.5 Å². The lowest BCUT2D eigenvalue weighted by Crippen LogP contribution is -2.47. The van der Waals surface area contributed by atoms with E-state index in [-0.39, 0.29) is 6.04 Å². The standard InChI is InChI=1S/C15H24N4/c1-12(16)14-3-2-6-17-15(14)19-9-7-18(8-10-19)11-13-4-5-13/h2-3,6,12-13H,4-5,7-11,16H2,1H3/t12-/m0/s1. The van der Waals surface area contributed by atoms with E-state index in [4.69, 9.17) is 5.73 Å². The van der Waals surface area contributed by atoms with Gasteiger partial charge in [0.05, 0.1) is 0 Å². The van der Waals surface area contributed by atoms with Crippen molar-refractivity contribution in [1.82, 2.24) is 9.88 Å². The lowest BCUT2D eigenvalue weighted by atomic mass is 10.1. The minimum atomic E-state index is 0.0493. The Kier molecular flexibility index (Phi) is 3.71. The molecule has 1 saturated carbocycles. The third kappa shape index (κ3) is 3.07. The van der Waals surface area contributed by atoms with Gasteiger partial charge in [-0.2, -0.15) is 0 Å². The second kappa shape index (κ2) is 5.47. The maximum Gasteiger partial charge on any atom is 0.133 e. The summed E-state index contributed by atoms with van der Waals surface area (Å²) in [6.07, 6.45) is 4.75. The van der Waals surface area contributed by atoms with Crippen LogP contribution in [0.3, 0.4) is 0 Å². The van der Waals surface area contributed by atoms with Crippen molar-refractivity contribution in [3.63, 3.8) is 0 Å². The molecule has 0 spiro atoms. The smallest absolute Gasteiger partial charge is 0.133 e. The van der Waals surface area contributed by atoms with Crippen molar-refractivity contribution in [2.45, 2.75) is 25.8 Å². The van der Waals surface area contributed by atoms with E-state index in [0.717, 1.165) is 43.5 Å². The number of pyridine rings is 1. The van der Waals surface area contributed by atoms with Crippen molar-refractivity contribution in [3.05, 3.63) is 23.9 Å². The highest BCUT2D eigenvalue weighted by atomic mass is 15.3. The summed E-state index contributed by atoms with van der Waals surface area (Å²) in [5, 5.41) is 0. The van der Waals surface area contributed by atoms with E-state index >= 15 is 0 Å². The van der Waals surface area contributed by atoms with Crippen LogP contribution in [-0.2, 0) is 0 Å². The monoisotopic (exact) mass is 260 g/mol. The molecule has 0 bridgehead atoms. The number of anilines is 1. The van der Waals surface area contributed by atoms with Gasteiger partial charge in [-0.15, -0.1) is 0 Å². The number of rotatable bonds is 4. The summed E-state index contributed by atoms with van der Waals surface area (Å²) < 4.78 is 0. The Morgan fingerprint density at radius 1 is 1.32 bits per heavy atom. The maximum absolute atomic E-state index is 6.05. The van der Waals surface area contributed by atoms with E-state index < -0.39 is 0 Å². The van der Waals surface area contributed by atoms with Crippen LogP contribution in [0.5, 0.6) is 0 Å². The molecule has 1 atom stereocenters. The van der Waals surface area contributed by atoms with Crippen molar-refractivity contribution in [3.8, 4) is 0 Å². The summed E-state index contributed by atoms with van der Waals surface area (Å²) in [5.74, 6) is 2.07. The molecule has 1 aromatic heterocycles. The van der Waals surface area contributed by atoms with E-state index in [1.165, 1.54) is 19.4 Å². The van der Waals surface area contributed by atoms with Gasteiger partial charge in [0.15, 0.2) is 0 Å². The number of hydrogen-bond donors (Lipinski definition) is 1. The number of hydrogen-bond acceptors (Lipinski definition) is 4. The molecule has 2 heterocycles. The number of piperazine rings is 1. The summed E-state index contributed by atoms with van der Waals surface area (Å²) in [7, 11) is 0. The molecule has 3 rings (SSSR count). The first-order valence-electron chi connectivity index (χ1n) is 7.42. The van der Waals surface area contributed by atoms with Gasteiger partial charge in [0.25, 0.3) is 0 Å². The van der Waals surface area contributed by atoms with E-state index in [2.05, 4.69) is 20.9 Å². The first-order valence-corrected chi connectivity index (χ1v) is 7.42. The zero-order chi connectivity index (χ0) is 13.2. The third-order valence-corrected chi connectivity index (χ3v) is 4.19. The fourth-order valence-corrected chi connectivity index (χ4v) is 2.84. The largest absolute Gasteiger partial charge is 0.354 e. The first-order chi connectivity index (χ1) is 9.24. The molecule has 104 valence electrons. The fraction of sp³-hybridized carbons (Fsp3) is 0.667. The Morgan fingerprint density at radius 2 is 2.05 bits per heavy atom. The summed E-state index contributed by atoms with van der Waals surface area (Å²) in [6.45, 7) is 7.80. The van der Waals surface area contributed by atoms with Crippen molar-refractivity contribution < 1.29 is 0 Å². The van der Waals surface area contributed by atoms with Gasteiger partial charge in [0.2, 0.25) is 0 Å². The Hall–Kier alpha value is -1.13. The van der Waals surface area contributed by atoms with Crippen LogP contribution in [0.15, 0.2) is 18.3 Å². The Bertz CT molecular complexity index is 420.